The fourth-order valence-electron chi connectivity index (χ4n) is 4.15. The molecule has 144 valence electrons. The molecule has 0 fully saturated rings. The number of pyridine rings is 1. The van der Waals surface area contributed by atoms with E-state index in [1.807, 2.05) is 18.3 Å². The van der Waals surface area contributed by atoms with Crippen molar-refractivity contribution < 1.29 is 4.74 Å². The van der Waals surface area contributed by atoms with Gasteiger partial charge in [-0.25, -0.2) is 4.98 Å². The topological polar surface area (TPSA) is 37.7 Å². The van der Waals surface area contributed by atoms with E-state index in [2.05, 4.69) is 61.6 Å². The van der Waals surface area contributed by atoms with Crippen molar-refractivity contribution in [2.45, 2.75) is 58.9 Å². The second kappa shape index (κ2) is 7.71. The van der Waals surface area contributed by atoms with Crippen LogP contribution in [0.1, 0.15) is 63.1 Å². The first-order chi connectivity index (χ1) is 12.9. The molecule has 4 heteroatoms. The summed E-state index contributed by atoms with van der Waals surface area (Å²) in [5.41, 5.74) is 6.27. The van der Waals surface area contributed by atoms with Gasteiger partial charge in [0.05, 0.1) is 19.0 Å². The molecule has 1 aromatic carbocycles. The molecule has 0 spiro atoms. The average Bonchev–Trinajstić information content (AvgIpc) is 2.64. The van der Waals surface area contributed by atoms with E-state index in [0.29, 0.717) is 11.8 Å². The van der Waals surface area contributed by atoms with Crippen molar-refractivity contribution in [2.24, 2.45) is 4.99 Å². The number of aliphatic imine (C=N–C) groups is 1. The van der Waals surface area contributed by atoms with Gasteiger partial charge in [-0.1, -0.05) is 13.8 Å². The summed E-state index contributed by atoms with van der Waals surface area (Å²) < 4.78 is 5.10. The van der Waals surface area contributed by atoms with Gasteiger partial charge in [-0.2, -0.15) is 0 Å². The molecule has 4 nitrogen and oxygen atoms in total. The highest BCUT2D eigenvalue weighted by Gasteiger charge is 2.36. The van der Waals surface area contributed by atoms with Crippen LogP contribution in [0, 0.1) is 6.92 Å². The van der Waals surface area contributed by atoms with Gasteiger partial charge in [-0.3, -0.25) is 4.99 Å². The van der Waals surface area contributed by atoms with Gasteiger partial charge in [0.25, 0.3) is 0 Å². The van der Waals surface area contributed by atoms with Crippen LogP contribution in [0.4, 0.5) is 11.4 Å². The lowest BCUT2D eigenvalue weighted by molar-refractivity contribution is 0.376. The van der Waals surface area contributed by atoms with Crippen molar-refractivity contribution in [3.05, 3.63) is 47.2 Å². The molecule has 0 radical (unpaired) electrons. The van der Waals surface area contributed by atoms with Crippen molar-refractivity contribution in [2.75, 3.05) is 18.6 Å². The molecule has 1 unspecified atom stereocenters. The van der Waals surface area contributed by atoms with E-state index in [1.165, 1.54) is 28.8 Å². The van der Waals surface area contributed by atoms with Crippen molar-refractivity contribution in [3.8, 4) is 5.88 Å². The first kappa shape index (κ1) is 19.4. The summed E-state index contributed by atoms with van der Waals surface area (Å²) in [6.07, 6.45) is 6.01. The molecule has 1 aliphatic heterocycles. The molecule has 1 atom stereocenters. The fourth-order valence-corrected chi connectivity index (χ4v) is 4.15. The van der Waals surface area contributed by atoms with Crippen molar-refractivity contribution in [1.82, 2.24) is 4.98 Å². The second-order valence-electron chi connectivity index (χ2n) is 8.15. The van der Waals surface area contributed by atoms with E-state index in [-0.39, 0.29) is 5.54 Å². The molecule has 2 heterocycles. The van der Waals surface area contributed by atoms with Crippen LogP contribution in [0.25, 0.3) is 0 Å². The first-order valence-electron chi connectivity index (χ1n) is 9.82. The van der Waals surface area contributed by atoms with E-state index in [0.717, 1.165) is 18.7 Å². The normalized spacial score (nSPS) is 18.6. The van der Waals surface area contributed by atoms with Crippen LogP contribution in [0.5, 0.6) is 5.88 Å². The average molecular weight is 366 g/mol. The molecule has 1 aromatic heterocycles. The zero-order valence-corrected chi connectivity index (χ0v) is 17.4. The number of hydrogen-bond donors (Lipinski definition) is 0. The third-order valence-corrected chi connectivity index (χ3v) is 5.50. The summed E-state index contributed by atoms with van der Waals surface area (Å²) in [7, 11) is 1.62. The summed E-state index contributed by atoms with van der Waals surface area (Å²) in [5, 5.41) is 0. The monoisotopic (exact) mass is 365 g/mol. The van der Waals surface area contributed by atoms with Crippen LogP contribution >= 0.6 is 0 Å². The number of fused-ring (bicyclic) bond motifs is 1. The molecule has 3 rings (SSSR count). The highest BCUT2D eigenvalue weighted by atomic mass is 16.5. The molecule has 0 saturated heterocycles. The Morgan fingerprint density at radius 1 is 1.33 bits per heavy atom. The number of ether oxygens (including phenoxy) is 1. The summed E-state index contributed by atoms with van der Waals surface area (Å²) >= 11 is 0. The molecular weight excluding hydrogens is 334 g/mol. The number of rotatable bonds is 5. The summed E-state index contributed by atoms with van der Waals surface area (Å²) in [4.78, 5) is 11.4. The number of benzene rings is 1. The minimum absolute atomic E-state index is 0.194. The maximum Gasteiger partial charge on any atom is 0.213 e. The number of nitrogens with zero attached hydrogens (tertiary/aromatic N) is 3. The molecule has 1 aliphatic rings. The first-order valence-corrected chi connectivity index (χ1v) is 9.82. The fraction of sp³-hybridized carbons (Fsp3) is 0.478. The zero-order valence-electron chi connectivity index (χ0n) is 17.4. The lowest BCUT2D eigenvalue weighted by Gasteiger charge is -2.48. The number of methoxy groups -OCH3 is 1. The third kappa shape index (κ3) is 4.00. The SMILES string of the molecule is CCCN1c2cc(C)c(C=Nc3ccc(OC)nc3)cc2C(C)CC1(C)C. The summed E-state index contributed by atoms with van der Waals surface area (Å²) in [6, 6.07) is 8.42. The molecule has 0 saturated carbocycles. The quantitative estimate of drug-likeness (QED) is 0.642. The van der Waals surface area contributed by atoms with Gasteiger partial charge < -0.3 is 9.64 Å². The van der Waals surface area contributed by atoms with Crippen LogP contribution in [0.15, 0.2) is 35.5 Å². The molecule has 0 N–H and O–H groups in total. The van der Waals surface area contributed by atoms with Gasteiger partial charge in [-0.15, -0.1) is 0 Å². The third-order valence-electron chi connectivity index (χ3n) is 5.50. The van der Waals surface area contributed by atoms with Crippen molar-refractivity contribution >= 4 is 17.6 Å². The Kier molecular flexibility index (Phi) is 5.54. The van der Waals surface area contributed by atoms with E-state index in [9.17, 15) is 0 Å². The van der Waals surface area contributed by atoms with Crippen LogP contribution in [-0.4, -0.2) is 30.4 Å². The molecule has 0 bridgehead atoms. The Balaban J connectivity index is 1.95. The van der Waals surface area contributed by atoms with Crippen molar-refractivity contribution in [1.29, 1.82) is 0 Å². The van der Waals surface area contributed by atoms with Gasteiger partial charge in [0.15, 0.2) is 0 Å². The van der Waals surface area contributed by atoms with Crippen LogP contribution in [0.2, 0.25) is 0 Å². The Labute approximate surface area is 163 Å². The predicted octanol–water partition coefficient (Wildman–Crippen LogP) is 5.65. The summed E-state index contributed by atoms with van der Waals surface area (Å²) in [5.74, 6) is 1.14. The molecule has 27 heavy (non-hydrogen) atoms. The molecule has 0 amide bonds. The van der Waals surface area contributed by atoms with Gasteiger partial charge in [0, 0.05) is 30.1 Å². The Hall–Kier alpha value is -2.36. The Morgan fingerprint density at radius 3 is 2.74 bits per heavy atom. The Bertz CT molecular complexity index is 824. The van der Waals surface area contributed by atoms with Gasteiger partial charge in [-0.05, 0) is 74.4 Å². The van der Waals surface area contributed by atoms with E-state index < -0.39 is 0 Å². The summed E-state index contributed by atoms with van der Waals surface area (Å²) in [6.45, 7) is 12.6. The Morgan fingerprint density at radius 2 is 2.11 bits per heavy atom. The number of aromatic nitrogens is 1. The maximum absolute atomic E-state index is 5.10. The number of hydrogen-bond acceptors (Lipinski definition) is 4. The standard InChI is InChI=1S/C23H31N3O/c1-7-10-26-21-11-16(2)18(12-20(21)17(3)13-23(26,4)5)14-24-19-8-9-22(27-6)25-15-19/h8-9,11-12,14-15,17H,7,10,13H2,1-6H3. The van der Waals surface area contributed by atoms with Gasteiger partial charge in [0.1, 0.15) is 0 Å². The minimum Gasteiger partial charge on any atom is -0.481 e. The van der Waals surface area contributed by atoms with Crippen molar-refractivity contribution in [3.63, 3.8) is 0 Å². The second-order valence-corrected chi connectivity index (χ2v) is 8.15. The molecular formula is C23H31N3O. The lowest BCUT2D eigenvalue weighted by Crippen LogP contribution is -2.48. The highest BCUT2D eigenvalue weighted by Crippen LogP contribution is 2.44. The highest BCUT2D eigenvalue weighted by molar-refractivity contribution is 5.86. The smallest absolute Gasteiger partial charge is 0.213 e. The van der Waals surface area contributed by atoms with Crippen LogP contribution in [0.3, 0.4) is 0 Å². The molecule has 2 aromatic rings. The van der Waals surface area contributed by atoms with Gasteiger partial charge >= 0.3 is 0 Å². The predicted molar refractivity (Wildman–Crippen MR) is 114 cm³/mol. The largest absolute Gasteiger partial charge is 0.481 e. The maximum atomic E-state index is 5.10. The van der Waals surface area contributed by atoms with Crippen LogP contribution in [-0.2, 0) is 0 Å². The minimum atomic E-state index is 0.194. The number of aryl methyl sites for hydroxylation is 1. The van der Waals surface area contributed by atoms with Crippen LogP contribution < -0.4 is 9.64 Å². The van der Waals surface area contributed by atoms with E-state index in [4.69, 9.17) is 4.74 Å². The van der Waals surface area contributed by atoms with E-state index >= 15 is 0 Å². The van der Waals surface area contributed by atoms with Gasteiger partial charge in [0.2, 0.25) is 5.88 Å². The lowest BCUT2D eigenvalue weighted by atomic mass is 9.79. The number of anilines is 1. The zero-order chi connectivity index (χ0) is 19.6. The molecule has 0 aliphatic carbocycles. The van der Waals surface area contributed by atoms with E-state index in [1.54, 1.807) is 13.3 Å².